The number of sulfonamides is 1. The highest BCUT2D eigenvalue weighted by Crippen LogP contribution is 2.38. The number of pyridine rings is 1. The molecule has 1 aromatic heterocycles. The fourth-order valence-corrected chi connectivity index (χ4v) is 3.66. The number of rotatable bonds is 5. The first-order valence-electron chi connectivity index (χ1n) is 8.23. The summed E-state index contributed by atoms with van der Waals surface area (Å²) < 4.78 is 99.2. The molecule has 0 saturated carbocycles. The van der Waals surface area contributed by atoms with Crippen LogP contribution in [0.3, 0.4) is 0 Å². The topological polar surface area (TPSA) is 92.1 Å². The van der Waals surface area contributed by atoms with E-state index >= 15 is 0 Å². The molecule has 0 aliphatic rings. The molecule has 3 aromatic rings. The molecule has 0 spiro atoms. The van der Waals surface area contributed by atoms with E-state index in [0.717, 1.165) is 30.3 Å². The number of halogens is 5. The first-order chi connectivity index (χ1) is 14.5. The Morgan fingerprint density at radius 1 is 1.00 bits per heavy atom. The molecule has 160 valence electrons. The third-order valence-corrected chi connectivity index (χ3v) is 5.22. The van der Waals surface area contributed by atoms with Gasteiger partial charge in [0.05, 0.1) is 22.2 Å². The van der Waals surface area contributed by atoms with Gasteiger partial charge in [-0.15, -0.1) is 0 Å². The van der Waals surface area contributed by atoms with Crippen LogP contribution in [0.4, 0.5) is 27.8 Å². The summed E-state index contributed by atoms with van der Waals surface area (Å²) >= 11 is 0. The van der Waals surface area contributed by atoms with Crippen LogP contribution >= 0.6 is 0 Å². The lowest BCUT2D eigenvalue weighted by molar-refractivity contribution is -0.140. The summed E-state index contributed by atoms with van der Waals surface area (Å²) in [6, 6.07) is 8.48. The number of nitrogens with zero attached hydrogens (tertiary/aromatic N) is 2. The molecule has 6 nitrogen and oxygen atoms in total. The Kier molecular flexibility index (Phi) is 5.81. The summed E-state index contributed by atoms with van der Waals surface area (Å²) in [6.07, 6.45) is -4.40. The van der Waals surface area contributed by atoms with Crippen molar-refractivity contribution in [2.45, 2.75) is 11.1 Å². The molecule has 2 aromatic carbocycles. The summed E-state index contributed by atoms with van der Waals surface area (Å²) in [6.45, 7) is 0. The lowest BCUT2D eigenvalue weighted by Crippen LogP contribution is -2.19. The number of benzene rings is 2. The van der Waals surface area contributed by atoms with Gasteiger partial charge in [0.25, 0.3) is 10.0 Å². The summed E-state index contributed by atoms with van der Waals surface area (Å²) in [5.41, 5.74) is -1.83. The Morgan fingerprint density at radius 3 is 2.26 bits per heavy atom. The van der Waals surface area contributed by atoms with Gasteiger partial charge in [0.2, 0.25) is 0 Å². The zero-order chi connectivity index (χ0) is 22.8. The number of nitrogens with one attached hydrogen (secondary N) is 1. The molecule has 0 fully saturated rings. The van der Waals surface area contributed by atoms with Crippen molar-refractivity contribution in [2.75, 3.05) is 4.72 Å². The molecule has 0 amide bonds. The van der Waals surface area contributed by atoms with E-state index < -0.39 is 44.0 Å². The number of anilines is 1. The molecule has 0 aliphatic heterocycles. The second-order valence-corrected chi connectivity index (χ2v) is 7.63. The molecule has 0 bridgehead atoms. The monoisotopic (exact) mass is 455 g/mol. The third kappa shape index (κ3) is 5.07. The minimum absolute atomic E-state index is 0.200. The van der Waals surface area contributed by atoms with Gasteiger partial charge in [-0.05, 0) is 42.5 Å². The summed E-state index contributed by atoms with van der Waals surface area (Å²) in [4.78, 5) is 2.33. The largest absolute Gasteiger partial charge is 0.457 e. The van der Waals surface area contributed by atoms with Crippen molar-refractivity contribution in [1.29, 1.82) is 5.26 Å². The second kappa shape index (κ2) is 8.19. The smallest absolute Gasteiger partial charge is 0.417 e. The number of hydrogen-bond acceptors (Lipinski definition) is 5. The molecular weight excluding hydrogens is 445 g/mol. The van der Waals surface area contributed by atoms with Crippen molar-refractivity contribution < 1.29 is 35.1 Å². The number of alkyl halides is 3. The normalized spacial score (nSPS) is 11.6. The molecule has 3 rings (SSSR count). The van der Waals surface area contributed by atoms with Gasteiger partial charge in [-0.25, -0.2) is 22.2 Å². The molecule has 1 heterocycles. The minimum atomic E-state index is -5.09. The van der Waals surface area contributed by atoms with Crippen LogP contribution in [-0.4, -0.2) is 13.4 Å². The van der Waals surface area contributed by atoms with Crippen LogP contribution in [-0.2, 0) is 16.2 Å². The van der Waals surface area contributed by atoms with Crippen molar-refractivity contribution in [3.63, 3.8) is 0 Å². The third-order valence-electron chi connectivity index (χ3n) is 3.81. The Morgan fingerprint density at radius 2 is 1.68 bits per heavy atom. The average Bonchev–Trinajstić information content (AvgIpc) is 2.69. The molecule has 12 heteroatoms. The molecule has 0 atom stereocenters. The van der Waals surface area contributed by atoms with E-state index in [2.05, 4.69) is 4.98 Å². The molecule has 1 N–H and O–H groups in total. The van der Waals surface area contributed by atoms with Crippen LogP contribution in [0.2, 0.25) is 0 Å². The molecular formula is C19H10F5N3O3S. The average molecular weight is 455 g/mol. The van der Waals surface area contributed by atoms with Crippen molar-refractivity contribution in [3.8, 4) is 17.6 Å². The lowest BCUT2D eigenvalue weighted by Gasteiger charge is -2.16. The molecule has 0 saturated heterocycles. The van der Waals surface area contributed by atoms with E-state index in [0.29, 0.717) is 18.3 Å². The van der Waals surface area contributed by atoms with Gasteiger partial charge in [0.15, 0.2) is 0 Å². The van der Waals surface area contributed by atoms with Gasteiger partial charge in [-0.1, -0.05) is 0 Å². The predicted molar refractivity (Wildman–Crippen MR) is 97.6 cm³/mol. The van der Waals surface area contributed by atoms with E-state index in [1.165, 1.54) is 6.07 Å². The fraction of sp³-hybridized carbons (Fsp3) is 0.0526. The van der Waals surface area contributed by atoms with Crippen LogP contribution in [0.5, 0.6) is 11.5 Å². The van der Waals surface area contributed by atoms with Crippen LogP contribution in [0.25, 0.3) is 0 Å². The Hall–Kier alpha value is -3.72. The van der Waals surface area contributed by atoms with E-state index in [9.17, 15) is 30.4 Å². The second-order valence-electron chi connectivity index (χ2n) is 5.98. The Labute approximate surface area is 172 Å². The number of nitriles is 1. The first-order valence-corrected chi connectivity index (χ1v) is 9.71. The van der Waals surface area contributed by atoms with Crippen molar-refractivity contribution in [1.82, 2.24) is 4.98 Å². The van der Waals surface area contributed by atoms with Crippen LogP contribution < -0.4 is 9.46 Å². The summed E-state index contributed by atoms with van der Waals surface area (Å²) in [5, 5.41) is 8.71. The maximum absolute atomic E-state index is 13.7. The quantitative estimate of drug-likeness (QED) is 0.556. The van der Waals surface area contributed by atoms with Gasteiger partial charge in [-0.2, -0.15) is 18.4 Å². The fourth-order valence-electron chi connectivity index (χ4n) is 2.44. The summed E-state index contributed by atoms with van der Waals surface area (Å²) in [7, 11) is -4.75. The molecule has 31 heavy (non-hydrogen) atoms. The molecule has 0 unspecified atom stereocenters. The van der Waals surface area contributed by atoms with Crippen LogP contribution in [0.15, 0.2) is 59.6 Å². The predicted octanol–water partition coefficient (Wildman–Crippen LogP) is 4.84. The highest BCUT2D eigenvalue weighted by molar-refractivity contribution is 7.92. The Balaban J connectivity index is 1.97. The minimum Gasteiger partial charge on any atom is -0.457 e. The standard InChI is InChI=1S/C19H10F5N3O3S/c20-12-2-6-18(26-10-12)27-31(28,29)17-5-4-13(7-15(17)19(22,23)24)30-14-3-1-11(9-25)16(21)8-14/h1-8,10H,(H,26,27). The van der Waals surface area contributed by atoms with Crippen LogP contribution in [0, 0.1) is 23.0 Å². The maximum Gasteiger partial charge on any atom is 0.417 e. The summed E-state index contributed by atoms with van der Waals surface area (Å²) in [5.74, 6) is -2.71. The van der Waals surface area contributed by atoms with E-state index in [1.807, 2.05) is 4.72 Å². The number of hydrogen-bond donors (Lipinski definition) is 1. The van der Waals surface area contributed by atoms with Gasteiger partial charge in [0, 0.05) is 6.07 Å². The maximum atomic E-state index is 13.7. The van der Waals surface area contributed by atoms with Crippen LogP contribution in [0.1, 0.15) is 11.1 Å². The van der Waals surface area contributed by atoms with Gasteiger partial charge in [-0.3, -0.25) is 4.72 Å². The van der Waals surface area contributed by atoms with E-state index in [1.54, 1.807) is 6.07 Å². The van der Waals surface area contributed by atoms with Gasteiger partial charge in [0.1, 0.15) is 35.0 Å². The molecule has 0 aliphatic carbocycles. The molecule has 0 radical (unpaired) electrons. The van der Waals surface area contributed by atoms with Gasteiger partial charge >= 0.3 is 6.18 Å². The lowest BCUT2D eigenvalue weighted by atomic mass is 10.2. The van der Waals surface area contributed by atoms with E-state index in [4.69, 9.17) is 10.00 Å². The highest BCUT2D eigenvalue weighted by Gasteiger charge is 2.38. The van der Waals surface area contributed by atoms with Crippen molar-refractivity contribution >= 4 is 15.8 Å². The Bertz CT molecular complexity index is 1270. The van der Waals surface area contributed by atoms with Crippen molar-refractivity contribution in [2.24, 2.45) is 0 Å². The van der Waals surface area contributed by atoms with Gasteiger partial charge < -0.3 is 4.74 Å². The SMILES string of the molecule is N#Cc1ccc(Oc2ccc(S(=O)(=O)Nc3ccc(F)cn3)c(C(F)(F)F)c2)cc1F. The van der Waals surface area contributed by atoms with Crippen molar-refractivity contribution in [3.05, 3.63) is 77.5 Å². The van der Waals surface area contributed by atoms with E-state index in [-0.39, 0.29) is 17.1 Å². The zero-order valence-electron chi connectivity index (χ0n) is 15.1. The number of aromatic nitrogens is 1. The zero-order valence-corrected chi connectivity index (χ0v) is 15.9. The highest BCUT2D eigenvalue weighted by atomic mass is 32.2. The number of ether oxygens (including phenoxy) is 1. The first kappa shape index (κ1) is 22.0.